The van der Waals surface area contributed by atoms with Gasteiger partial charge < -0.3 is 10.1 Å². The van der Waals surface area contributed by atoms with Crippen LogP contribution < -0.4 is 10.6 Å². The number of nitrogens with zero attached hydrogens (tertiary/aromatic N) is 1. The summed E-state index contributed by atoms with van der Waals surface area (Å²) in [7, 11) is 1.50. The molecule has 2 N–H and O–H groups in total. The van der Waals surface area contributed by atoms with Gasteiger partial charge in [0.15, 0.2) is 5.13 Å². The number of anilines is 1. The molecule has 1 aliphatic rings. The average Bonchev–Trinajstić information content (AvgIpc) is 2.59. The van der Waals surface area contributed by atoms with E-state index in [1.807, 2.05) is 0 Å². The summed E-state index contributed by atoms with van der Waals surface area (Å²) in [6, 6.07) is 0. The number of methoxy groups -OCH3 is 1. The van der Waals surface area contributed by atoms with Gasteiger partial charge in [0, 0.05) is 31.5 Å². The molecule has 0 atom stereocenters. The summed E-state index contributed by atoms with van der Waals surface area (Å²) >= 11 is 1.53. The van der Waals surface area contributed by atoms with Gasteiger partial charge in [-0.15, -0.1) is 11.3 Å². The zero-order valence-electron chi connectivity index (χ0n) is 8.50. The number of amides is 1. The number of fused-ring (bicyclic) bond motifs is 1. The predicted octanol–water partition coefficient (Wildman–Crippen LogP) is 0.374. The molecule has 0 bridgehead atoms. The van der Waals surface area contributed by atoms with Gasteiger partial charge in [-0.25, -0.2) is 4.98 Å². The highest BCUT2D eigenvalue weighted by atomic mass is 32.1. The van der Waals surface area contributed by atoms with Crippen LogP contribution in [0.2, 0.25) is 0 Å². The summed E-state index contributed by atoms with van der Waals surface area (Å²) < 4.78 is 4.73. The third-order valence-electron chi connectivity index (χ3n) is 2.12. The Morgan fingerprint density at radius 2 is 2.60 bits per heavy atom. The summed E-state index contributed by atoms with van der Waals surface area (Å²) in [5.41, 5.74) is 1.10. The molecule has 1 amide bonds. The maximum Gasteiger partial charge on any atom is 0.252 e. The molecule has 15 heavy (non-hydrogen) atoms. The van der Waals surface area contributed by atoms with Gasteiger partial charge in [0.05, 0.1) is 5.69 Å². The fourth-order valence-corrected chi connectivity index (χ4v) is 2.46. The molecule has 2 rings (SSSR count). The highest BCUT2D eigenvalue weighted by Crippen LogP contribution is 2.25. The van der Waals surface area contributed by atoms with Crippen LogP contribution in [0.4, 0.5) is 5.13 Å². The number of ether oxygens (including phenoxy) is 1. The summed E-state index contributed by atoms with van der Waals surface area (Å²) in [5.74, 6) is -0.156. The Hall–Kier alpha value is -0.980. The van der Waals surface area contributed by atoms with Crippen LogP contribution in [-0.4, -0.2) is 31.2 Å². The zero-order chi connectivity index (χ0) is 10.7. The van der Waals surface area contributed by atoms with E-state index < -0.39 is 0 Å². The molecule has 1 aromatic heterocycles. The van der Waals surface area contributed by atoms with Gasteiger partial charge in [-0.3, -0.25) is 10.1 Å². The van der Waals surface area contributed by atoms with Crippen molar-refractivity contribution in [3.63, 3.8) is 0 Å². The lowest BCUT2D eigenvalue weighted by Gasteiger charge is -2.09. The number of carbonyl (C=O) groups excluding carboxylic acids is 1. The number of hydrogen-bond donors (Lipinski definition) is 2. The highest BCUT2D eigenvalue weighted by molar-refractivity contribution is 7.15. The molecule has 0 unspecified atom stereocenters. The molecule has 1 aromatic rings. The molecule has 0 saturated carbocycles. The number of thiazole rings is 1. The van der Waals surface area contributed by atoms with Crippen LogP contribution in [0.3, 0.4) is 0 Å². The Morgan fingerprint density at radius 1 is 1.73 bits per heavy atom. The van der Waals surface area contributed by atoms with Gasteiger partial charge in [0.1, 0.15) is 6.61 Å². The lowest BCUT2D eigenvalue weighted by atomic mass is 10.2. The highest BCUT2D eigenvalue weighted by Gasteiger charge is 2.15. The number of hydrogen-bond acceptors (Lipinski definition) is 5. The molecule has 0 spiro atoms. The molecule has 5 nitrogen and oxygen atoms in total. The lowest BCUT2D eigenvalue weighted by Crippen LogP contribution is -2.22. The Kier molecular flexibility index (Phi) is 3.30. The summed E-state index contributed by atoms with van der Waals surface area (Å²) in [6.45, 7) is 1.89. The van der Waals surface area contributed by atoms with Crippen molar-refractivity contribution < 1.29 is 9.53 Å². The minimum atomic E-state index is -0.156. The number of carbonyl (C=O) groups is 1. The first-order chi connectivity index (χ1) is 7.29. The van der Waals surface area contributed by atoms with Gasteiger partial charge in [-0.1, -0.05) is 0 Å². The Balaban J connectivity index is 2.03. The van der Waals surface area contributed by atoms with E-state index in [0.717, 1.165) is 25.2 Å². The van der Waals surface area contributed by atoms with Crippen molar-refractivity contribution in [2.45, 2.75) is 13.0 Å². The van der Waals surface area contributed by atoms with E-state index >= 15 is 0 Å². The van der Waals surface area contributed by atoms with Crippen LogP contribution in [0, 0.1) is 0 Å². The van der Waals surface area contributed by atoms with Crippen LogP contribution in [0.15, 0.2) is 0 Å². The Bertz CT molecular complexity index is 341. The van der Waals surface area contributed by atoms with Crippen LogP contribution in [0.25, 0.3) is 0 Å². The van der Waals surface area contributed by atoms with Crippen LogP contribution in [0.5, 0.6) is 0 Å². The van der Waals surface area contributed by atoms with Crippen molar-refractivity contribution in [2.24, 2.45) is 0 Å². The SMILES string of the molecule is COCC(=O)Nc1nc2c(s1)CNCC2. The fraction of sp³-hybridized carbons (Fsp3) is 0.556. The Morgan fingerprint density at radius 3 is 3.33 bits per heavy atom. The monoisotopic (exact) mass is 227 g/mol. The maximum absolute atomic E-state index is 11.2. The number of nitrogens with one attached hydrogen (secondary N) is 2. The van der Waals surface area contributed by atoms with Gasteiger partial charge in [-0.05, 0) is 0 Å². The zero-order valence-corrected chi connectivity index (χ0v) is 9.32. The second kappa shape index (κ2) is 4.69. The predicted molar refractivity (Wildman–Crippen MR) is 58.0 cm³/mol. The van der Waals surface area contributed by atoms with E-state index in [9.17, 15) is 4.79 Å². The second-order valence-corrected chi connectivity index (χ2v) is 4.38. The Labute approximate surface area is 91.9 Å². The van der Waals surface area contributed by atoms with E-state index in [1.54, 1.807) is 0 Å². The summed E-state index contributed by atoms with van der Waals surface area (Å²) in [5, 5.41) is 6.65. The van der Waals surface area contributed by atoms with Crippen molar-refractivity contribution >= 4 is 22.4 Å². The molecular formula is C9H13N3O2S. The van der Waals surface area contributed by atoms with Crippen molar-refractivity contribution in [2.75, 3.05) is 25.6 Å². The van der Waals surface area contributed by atoms with E-state index in [0.29, 0.717) is 5.13 Å². The molecule has 0 radical (unpaired) electrons. The minimum absolute atomic E-state index is 0.0719. The maximum atomic E-state index is 11.2. The quantitative estimate of drug-likeness (QED) is 0.783. The molecule has 1 aliphatic heterocycles. The van der Waals surface area contributed by atoms with E-state index in [1.165, 1.54) is 23.3 Å². The molecule has 2 heterocycles. The average molecular weight is 227 g/mol. The minimum Gasteiger partial charge on any atom is -0.375 e. The number of rotatable bonds is 3. The number of aromatic nitrogens is 1. The van der Waals surface area contributed by atoms with Gasteiger partial charge in [0.2, 0.25) is 0 Å². The van der Waals surface area contributed by atoms with Crippen LogP contribution in [0.1, 0.15) is 10.6 Å². The molecular weight excluding hydrogens is 214 g/mol. The normalized spacial score (nSPS) is 14.7. The molecule has 6 heteroatoms. The molecule has 0 fully saturated rings. The van der Waals surface area contributed by atoms with Gasteiger partial charge in [-0.2, -0.15) is 0 Å². The van der Waals surface area contributed by atoms with Crippen molar-refractivity contribution in [1.82, 2.24) is 10.3 Å². The van der Waals surface area contributed by atoms with E-state index in [-0.39, 0.29) is 12.5 Å². The first-order valence-electron chi connectivity index (χ1n) is 4.77. The molecule has 0 aliphatic carbocycles. The molecule has 82 valence electrons. The molecule has 0 aromatic carbocycles. The van der Waals surface area contributed by atoms with Crippen molar-refractivity contribution in [3.05, 3.63) is 10.6 Å². The van der Waals surface area contributed by atoms with Crippen LogP contribution >= 0.6 is 11.3 Å². The second-order valence-electron chi connectivity index (χ2n) is 3.30. The van der Waals surface area contributed by atoms with Crippen molar-refractivity contribution in [1.29, 1.82) is 0 Å². The topological polar surface area (TPSA) is 63.2 Å². The third kappa shape index (κ3) is 2.53. The lowest BCUT2D eigenvalue weighted by molar-refractivity contribution is -0.119. The van der Waals surface area contributed by atoms with Gasteiger partial charge >= 0.3 is 0 Å². The smallest absolute Gasteiger partial charge is 0.252 e. The third-order valence-corrected chi connectivity index (χ3v) is 3.14. The largest absolute Gasteiger partial charge is 0.375 e. The summed E-state index contributed by atoms with van der Waals surface area (Å²) in [4.78, 5) is 16.8. The van der Waals surface area contributed by atoms with E-state index in [2.05, 4.69) is 15.6 Å². The fourth-order valence-electron chi connectivity index (χ4n) is 1.47. The standard InChI is InChI=1S/C9H13N3O2S/c1-14-5-8(13)12-9-11-6-2-3-10-4-7(6)15-9/h10H,2-5H2,1H3,(H,11,12,13). The summed E-state index contributed by atoms with van der Waals surface area (Å²) in [6.07, 6.45) is 0.936. The first-order valence-corrected chi connectivity index (χ1v) is 5.59. The first kappa shape index (κ1) is 10.5. The van der Waals surface area contributed by atoms with Crippen LogP contribution in [-0.2, 0) is 22.5 Å². The van der Waals surface area contributed by atoms with Crippen molar-refractivity contribution in [3.8, 4) is 0 Å². The van der Waals surface area contributed by atoms with Gasteiger partial charge in [0.25, 0.3) is 5.91 Å². The molecule has 0 saturated heterocycles. The van der Waals surface area contributed by atoms with E-state index in [4.69, 9.17) is 4.74 Å².